The molecule has 8 heteroatoms. The number of carbonyl (C=O) groups excluding carboxylic acids is 1. The van der Waals surface area contributed by atoms with E-state index in [0.717, 1.165) is 44.1 Å². The van der Waals surface area contributed by atoms with E-state index in [9.17, 15) is 4.79 Å². The molecule has 0 saturated heterocycles. The molecule has 1 aliphatic rings. The van der Waals surface area contributed by atoms with Crippen LogP contribution in [-0.4, -0.2) is 61.4 Å². The molecule has 1 aromatic heterocycles. The van der Waals surface area contributed by atoms with Crippen LogP contribution in [0.25, 0.3) is 0 Å². The highest BCUT2D eigenvalue weighted by molar-refractivity contribution is 14.0. The lowest BCUT2D eigenvalue weighted by Crippen LogP contribution is -2.47. The summed E-state index contributed by atoms with van der Waals surface area (Å²) in [6.45, 7) is 8.73. The molecule has 0 bridgehead atoms. The monoisotopic (exact) mass is 555 g/mol. The fourth-order valence-corrected chi connectivity index (χ4v) is 4.43. The van der Waals surface area contributed by atoms with Crippen molar-refractivity contribution in [2.75, 3.05) is 33.7 Å². The van der Waals surface area contributed by atoms with E-state index in [1.165, 1.54) is 5.56 Å². The molecule has 1 aromatic carbocycles. The first-order chi connectivity index (χ1) is 14.5. The zero-order valence-electron chi connectivity index (χ0n) is 18.9. The topological polar surface area (TPSA) is 60.0 Å². The summed E-state index contributed by atoms with van der Waals surface area (Å²) in [6, 6.07) is 10.4. The number of aliphatic imine (C=N–C) groups is 1. The predicted octanol–water partition coefficient (Wildman–Crippen LogP) is 3.57. The molecule has 2 heterocycles. The number of hydrogen-bond donors (Lipinski definition) is 2. The molecule has 31 heavy (non-hydrogen) atoms. The third-order valence-corrected chi connectivity index (χ3v) is 6.42. The SMILES string of the molecule is CCNC(=NCc1ccc(C(=O)N(C)C)cc1)NCC(C)N1CCc2sccc2C1.I. The van der Waals surface area contributed by atoms with Crippen LogP contribution in [-0.2, 0) is 19.5 Å². The minimum absolute atomic E-state index is 0. The van der Waals surface area contributed by atoms with Crippen LogP contribution in [0.1, 0.15) is 40.2 Å². The number of nitrogens with one attached hydrogen (secondary N) is 2. The summed E-state index contributed by atoms with van der Waals surface area (Å²) in [6.07, 6.45) is 1.15. The summed E-state index contributed by atoms with van der Waals surface area (Å²) in [5, 5.41) is 9.02. The van der Waals surface area contributed by atoms with Crippen LogP contribution in [0.15, 0.2) is 40.7 Å². The number of carbonyl (C=O) groups is 1. The Morgan fingerprint density at radius 1 is 1.23 bits per heavy atom. The predicted molar refractivity (Wildman–Crippen MR) is 141 cm³/mol. The maximum absolute atomic E-state index is 12.0. The molecule has 1 aliphatic heterocycles. The molecule has 0 fully saturated rings. The summed E-state index contributed by atoms with van der Waals surface area (Å²) in [5.74, 6) is 0.840. The van der Waals surface area contributed by atoms with E-state index < -0.39 is 0 Å². The van der Waals surface area contributed by atoms with Gasteiger partial charge >= 0.3 is 0 Å². The van der Waals surface area contributed by atoms with E-state index >= 15 is 0 Å². The van der Waals surface area contributed by atoms with E-state index in [-0.39, 0.29) is 29.9 Å². The number of halogens is 1. The Morgan fingerprint density at radius 2 is 1.97 bits per heavy atom. The normalized spacial score (nSPS) is 14.9. The lowest BCUT2D eigenvalue weighted by molar-refractivity contribution is 0.0827. The van der Waals surface area contributed by atoms with Gasteiger partial charge in [-0.25, -0.2) is 4.99 Å². The van der Waals surface area contributed by atoms with Gasteiger partial charge in [-0.05, 0) is 55.0 Å². The molecule has 170 valence electrons. The number of hydrogen-bond acceptors (Lipinski definition) is 4. The van der Waals surface area contributed by atoms with Crippen molar-refractivity contribution in [2.45, 2.75) is 39.4 Å². The van der Waals surface area contributed by atoms with E-state index in [1.807, 2.05) is 35.6 Å². The van der Waals surface area contributed by atoms with E-state index in [4.69, 9.17) is 4.99 Å². The lowest BCUT2D eigenvalue weighted by atomic mass is 10.1. The van der Waals surface area contributed by atoms with Crippen molar-refractivity contribution in [1.82, 2.24) is 20.4 Å². The maximum atomic E-state index is 12.0. The van der Waals surface area contributed by atoms with Crippen molar-refractivity contribution in [3.05, 3.63) is 57.3 Å². The van der Waals surface area contributed by atoms with Crippen molar-refractivity contribution >= 4 is 47.2 Å². The van der Waals surface area contributed by atoms with Crippen molar-refractivity contribution in [2.24, 2.45) is 4.99 Å². The van der Waals surface area contributed by atoms with Crippen molar-refractivity contribution in [3.63, 3.8) is 0 Å². The smallest absolute Gasteiger partial charge is 0.253 e. The summed E-state index contributed by atoms with van der Waals surface area (Å²) >= 11 is 1.88. The number of benzene rings is 1. The van der Waals surface area contributed by atoms with Crippen LogP contribution in [0.5, 0.6) is 0 Å². The molecule has 0 saturated carbocycles. The first-order valence-corrected chi connectivity index (χ1v) is 11.5. The fraction of sp³-hybridized carbons (Fsp3) is 0.478. The van der Waals surface area contributed by atoms with Crippen LogP contribution in [0.2, 0.25) is 0 Å². The fourth-order valence-electron chi connectivity index (χ4n) is 3.54. The highest BCUT2D eigenvalue weighted by Crippen LogP contribution is 2.24. The van der Waals surface area contributed by atoms with Crippen molar-refractivity contribution in [1.29, 1.82) is 0 Å². The summed E-state index contributed by atoms with van der Waals surface area (Å²) < 4.78 is 0. The quantitative estimate of drug-likeness (QED) is 0.312. The molecule has 0 aliphatic carbocycles. The first kappa shape index (κ1) is 25.6. The van der Waals surface area contributed by atoms with Gasteiger partial charge in [0.25, 0.3) is 5.91 Å². The van der Waals surface area contributed by atoms with Crippen LogP contribution in [0.4, 0.5) is 0 Å². The van der Waals surface area contributed by atoms with E-state index in [0.29, 0.717) is 18.2 Å². The second-order valence-electron chi connectivity index (χ2n) is 7.91. The van der Waals surface area contributed by atoms with Gasteiger partial charge in [0.15, 0.2) is 5.96 Å². The molecular formula is C23H34IN5OS. The molecule has 0 radical (unpaired) electrons. The number of fused-ring (bicyclic) bond motifs is 1. The lowest BCUT2D eigenvalue weighted by Gasteiger charge is -2.32. The zero-order chi connectivity index (χ0) is 21.5. The van der Waals surface area contributed by atoms with Gasteiger partial charge in [0, 0.05) is 56.8 Å². The third kappa shape index (κ3) is 7.18. The van der Waals surface area contributed by atoms with Crippen LogP contribution in [0.3, 0.4) is 0 Å². The molecule has 1 unspecified atom stereocenters. The van der Waals surface area contributed by atoms with Gasteiger partial charge in [0.05, 0.1) is 6.54 Å². The van der Waals surface area contributed by atoms with E-state index in [1.54, 1.807) is 23.9 Å². The van der Waals surface area contributed by atoms with Crippen molar-refractivity contribution < 1.29 is 4.79 Å². The maximum Gasteiger partial charge on any atom is 0.253 e. The van der Waals surface area contributed by atoms with E-state index in [2.05, 4.69) is 40.8 Å². The van der Waals surface area contributed by atoms with Gasteiger partial charge in [0.2, 0.25) is 0 Å². The number of rotatable bonds is 7. The number of guanidine groups is 1. The Morgan fingerprint density at radius 3 is 2.65 bits per heavy atom. The first-order valence-electron chi connectivity index (χ1n) is 10.6. The molecule has 3 rings (SSSR count). The standard InChI is InChI=1S/C23H33N5OS.HI/c1-5-24-23(26-15-18-6-8-19(9-7-18)22(29)27(3)4)25-14-17(2)28-12-10-21-20(16-28)11-13-30-21;/h6-9,11,13,17H,5,10,12,14-16H2,1-4H3,(H2,24,25,26);1H. The summed E-state index contributed by atoms with van der Waals surface area (Å²) in [4.78, 5) is 22.4. The molecule has 1 atom stereocenters. The largest absolute Gasteiger partial charge is 0.357 e. The number of amides is 1. The number of nitrogens with zero attached hydrogens (tertiary/aromatic N) is 3. The Kier molecular flexibility index (Phi) is 10.2. The van der Waals surface area contributed by atoms with Crippen LogP contribution in [0, 0.1) is 0 Å². The molecule has 1 amide bonds. The number of thiophene rings is 1. The molecule has 6 nitrogen and oxygen atoms in total. The van der Waals surface area contributed by atoms with Gasteiger partial charge < -0.3 is 15.5 Å². The Bertz CT molecular complexity index is 865. The highest BCUT2D eigenvalue weighted by Gasteiger charge is 2.21. The van der Waals surface area contributed by atoms with Gasteiger partial charge in [-0.3, -0.25) is 9.69 Å². The van der Waals surface area contributed by atoms with Gasteiger partial charge in [-0.2, -0.15) is 0 Å². The highest BCUT2D eigenvalue weighted by atomic mass is 127. The Balaban J connectivity index is 0.00000341. The van der Waals surface area contributed by atoms with Crippen LogP contribution < -0.4 is 10.6 Å². The minimum Gasteiger partial charge on any atom is -0.357 e. The van der Waals surface area contributed by atoms with Crippen LogP contribution >= 0.6 is 35.3 Å². The third-order valence-electron chi connectivity index (χ3n) is 5.40. The molecule has 0 spiro atoms. The second-order valence-corrected chi connectivity index (χ2v) is 8.91. The molecular weight excluding hydrogens is 521 g/mol. The van der Waals surface area contributed by atoms with Gasteiger partial charge in [-0.15, -0.1) is 35.3 Å². The average molecular weight is 556 g/mol. The van der Waals surface area contributed by atoms with Gasteiger partial charge in [-0.1, -0.05) is 12.1 Å². The van der Waals surface area contributed by atoms with Gasteiger partial charge in [0.1, 0.15) is 0 Å². The minimum atomic E-state index is 0. The average Bonchev–Trinajstić information content (AvgIpc) is 3.23. The molecule has 2 N–H and O–H groups in total. The van der Waals surface area contributed by atoms with Crippen molar-refractivity contribution in [3.8, 4) is 0 Å². The Labute approximate surface area is 207 Å². The molecule has 2 aromatic rings. The summed E-state index contributed by atoms with van der Waals surface area (Å²) in [5.41, 5.74) is 3.26. The zero-order valence-corrected chi connectivity index (χ0v) is 22.0. The second kappa shape index (κ2) is 12.4. The Hall–Kier alpha value is -1.65. The summed E-state index contributed by atoms with van der Waals surface area (Å²) in [7, 11) is 3.53.